The molecule has 0 aromatic heterocycles. The minimum absolute atomic E-state index is 0.823. The molecule has 0 radical (unpaired) electrons. The van der Waals surface area contributed by atoms with Gasteiger partial charge in [-0.25, -0.2) is 0 Å². The Bertz CT molecular complexity index is 91.8. The predicted molar refractivity (Wildman–Crippen MR) is 55.5 cm³/mol. The second kappa shape index (κ2) is 7.56. The summed E-state index contributed by atoms with van der Waals surface area (Å²) in [6.07, 6.45) is 2.53. The lowest BCUT2D eigenvalue weighted by Gasteiger charge is -2.12. The Kier molecular flexibility index (Phi) is 7.51. The summed E-state index contributed by atoms with van der Waals surface area (Å²) in [5, 5.41) is 3.46. The molecule has 0 aliphatic heterocycles. The molecule has 0 saturated carbocycles. The third-order valence-corrected chi connectivity index (χ3v) is 2.15. The van der Waals surface area contributed by atoms with Gasteiger partial charge in [0.15, 0.2) is 0 Å². The van der Waals surface area contributed by atoms with Crippen molar-refractivity contribution in [2.24, 2.45) is 5.92 Å². The lowest BCUT2D eigenvalue weighted by Crippen LogP contribution is -2.25. The molecule has 0 aromatic rings. The summed E-state index contributed by atoms with van der Waals surface area (Å²) in [5.74, 6) is 0.823. The molecule has 0 heterocycles. The van der Waals surface area contributed by atoms with Gasteiger partial charge in [0.2, 0.25) is 0 Å². The van der Waals surface area contributed by atoms with Gasteiger partial charge in [-0.05, 0) is 46.1 Å². The Morgan fingerprint density at radius 2 is 2.00 bits per heavy atom. The molecule has 0 spiro atoms. The normalized spacial score (nSPS) is 13.8. The molecular formula is C10H24N2. The van der Waals surface area contributed by atoms with Crippen LogP contribution in [-0.4, -0.2) is 38.6 Å². The molecule has 0 aliphatic rings. The summed E-state index contributed by atoms with van der Waals surface area (Å²) in [4.78, 5) is 2.23. The van der Waals surface area contributed by atoms with Crippen molar-refractivity contribution in [2.45, 2.75) is 26.7 Å². The van der Waals surface area contributed by atoms with Gasteiger partial charge in [-0.1, -0.05) is 20.3 Å². The van der Waals surface area contributed by atoms with E-state index in [1.807, 2.05) is 0 Å². The van der Waals surface area contributed by atoms with Crippen molar-refractivity contribution in [1.82, 2.24) is 10.2 Å². The molecule has 1 N–H and O–H groups in total. The fraction of sp³-hybridized carbons (Fsp3) is 1.00. The van der Waals surface area contributed by atoms with E-state index in [1.165, 1.54) is 25.9 Å². The molecule has 1 unspecified atom stereocenters. The van der Waals surface area contributed by atoms with Gasteiger partial charge in [0.25, 0.3) is 0 Å². The number of hydrogen-bond donors (Lipinski definition) is 1. The highest BCUT2D eigenvalue weighted by atomic mass is 15.0. The standard InChI is InChI=1S/C10H24N2/c1-5-10(2)9-11-7-6-8-12(3)4/h10-11H,5-9H2,1-4H3. The second-order valence-corrected chi connectivity index (χ2v) is 3.87. The maximum atomic E-state index is 3.46. The van der Waals surface area contributed by atoms with Crippen LogP contribution in [0.15, 0.2) is 0 Å². The van der Waals surface area contributed by atoms with Gasteiger partial charge in [-0.3, -0.25) is 0 Å². The summed E-state index contributed by atoms with van der Waals surface area (Å²) in [5.41, 5.74) is 0. The van der Waals surface area contributed by atoms with E-state index in [0.717, 1.165) is 12.5 Å². The molecule has 12 heavy (non-hydrogen) atoms. The van der Waals surface area contributed by atoms with Crippen molar-refractivity contribution in [1.29, 1.82) is 0 Å². The molecular weight excluding hydrogens is 148 g/mol. The topological polar surface area (TPSA) is 15.3 Å². The third kappa shape index (κ3) is 8.02. The summed E-state index contributed by atoms with van der Waals surface area (Å²) < 4.78 is 0. The minimum atomic E-state index is 0.823. The molecule has 2 heteroatoms. The van der Waals surface area contributed by atoms with Crippen LogP contribution in [0.2, 0.25) is 0 Å². The molecule has 74 valence electrons. The van der Waals surface area contributed by atoms with E-state index in [2.05, 4.69) is 38.2 Å². The van der Waals surface area contributed by atoms with Crippen LogP contribution in [0.25, 0.3) is 0 Å². The van der Waals surface area contributed by atoms with Crippen LogP contribution in [0, 0.1) is 5.92 Å². The maximum absolute atomic E-state index is 3.46. The highest BCUT2D eigenvalue weighted by molar-refractivity contribution is 4.55. The van der Waals surface area contributed by atoms with Crippen molar-refractivity contribution in [3.63, 3.8) is 0 Å². The molecule has 0 rings (SSSR count). The number of nitrogens with zero attached hydrogens (tertiary/aromatic N) is 1. The van der Waals surface area contributed by atoms with Crippen LogP contribution in [0.1, 0.15) is 26.7 Å². The summed E-state index contributed by atoms with van der Waals surface area (Å²) in [6.45, 7) is 8.05. The van der Waals surface area contributed by atoms with E-state index in [9.17, 15) is 0 Å². The van der Waals surface area contributed by atoms with Crippen LogP contribution in [0.4, 0.5) is 0 Å². The van der Waals surface area contributed by atoms with Crippen molar-refractivity contribution in [2.75, 3.05) is 33.7 Å². The SMILES string of the molecule is CCC(C)CNCCCN(C)C. The first kappa shape index (κ1) is 11.9. The summed E-state index contributed by atoms with van der Waals surface area (Å²) >= 11 is 0. The van der Waals surface area contributed by atoms with Gasteiger partial charge < -0.3 is 10.2 Å². The Morgan fingerprint density at radius 3 is 2.50 bits per heavy atom. The number of nitrogens with one attached hydrogen (secondary N) is 1. The largest absolute Gasteiger partial charge is 0.316 e. The number of rotatable bonds is 7. The zero-order chi connectivity index (χ0) is 9.40. The molecule has 0 saturated heterocycles. The lowest BCUT2D eigenvalue weighted by atomic mass is 10.1. The molecule has 0 fully saturated rings. The number of hydrogen-bond acceptors (Lipinski definition) is 2. The van der Waals surface area contributed by atoms with Crippen LogP contribution >= 0.6 is 0 Å². The second-order valence-electron chi connectivity index (χ2n) is 3.87. The van der Waals surface area contributed by atoms with E-state index in [-0.39, 0.29) is 0 Å². The van der Waals surface area contributed by atoms with E-state index >= 15 is 0 Å². The molecule has 1 atom stereocenters. The van der Waals surface area contributed by atoms with Gasteiger partial charge in [0, 0.05) is 0 Å². The van der Waals surface area contributed by atoms with Gasteiger partial charge in [-0.15, -0.1) is 0 Å². The zero-order valence-electron chi connectivity index (χ0n) is 9.06. The molecule has 0 bridgehead atoms. The minimum Gasteiger partial charge on any atom is -0.316 e. The molecule has 0 amide bonds. The van der Waals surface area contributed by atoms with Crippen molar-refractivity contribution in [3.05, 3.63) is 0 Å². The Labute approximate surface area is 77.3 Å². The van der Waals surface area contributed by atoms with Crippen molar-refractivity contribution >= 4 is 0 Å². The fourth-order valence-corrected chi connectivity index (χ4v) is 1.01. The maximum Gasteiger partial charge on any atom is -0.00127 e. The molecule has 0 aliphatic carbocycles. The van der Waals surface area contributed by atoms with Gasteiger partial charge in [0.05, 0.1) is 0 Å². The molecule has 0 aromatic carbocycles. The van der Waals surface area contributed by atoms with E-state index in [4.69, 9.17) is 0 Å². The van der Waals surface area contributed by atoms with Gasteiger partial charge in [-0.2, -0.15) is 0 Å². The third-order valence-electron chi connectivity index (χ3n) is 2.15. The first-order chi connectivity index (χ1) is 5.66. The van der Waals surface area contributed by atoms with E-state index in [1.54, 1.807) is 0 Å². The van der Waals surface area contributed by atoms with Crippen LogP contribution in [0.5, 0.6) is 0 Å². The van der Waals surface area contributed by atoms with Crippen LogP contribution in [-0.2, 0) is 0 Å². The Balaban J connectivity index is 3.00. The van der Waals surface area contributed by atoms with Crippen molar-refractivity contribution < 1.29 is 0 Å². The first-order valence-corrected chi connectivity index (χ1v) is 5.02. The average Bonchev–Trinajstić information content (AvgIpc) is 2.03. The van der Waals surface area contributed by atoms with Gasteiger partial charge in [0.1, 0.15) is 0 Å². The predicted octanol–water partition coefficient (Wildman–Crippen LogP) is 1.57. The van der Waals surface area contributed by atoms with Crippen molar-refractivity contribution in [3.8, 4) is 0 Å². The fourth-order valence-electron chi connectivity index (χ4n) is 1.01. The van der Waals surface area contributed by atoms with Crippen LogP contribution in [0.3, 0.4) is 0 Å². The average molecular weight is 172 g/mol. The smallest absolute Gasteiger partial charge is 0.00127 e. The summed E-state index contributed by atoms with van der Waals surface area (Å²) in [6, 6.07) is 0. The Morgan fingerprint density at radius 1 is 1.33 bits per heavy atom. The summed E-state index contributed by atoms with van der Waals surface area (Å²) in [7, 11) is 4.24. The monoisotopic (exact) mass is 172 g/mol. The zero-order valence-corrected chi connectivity index (χ0v) is 9.06. The Hall–Kier alpha value is -0.0800. The highest BCUT2D eigenvalue weighted by Gasteiger charge is 1.96. The van der Waals surface area contributed by atoms with Gasteiger partial charge >= 0.3 is 0 Å². The quantitative estimate of drug-likeness (QED) is 0.586. The molecule has 2 nitrogen and oxygen atoms in total. The first-order valence-electron chi connectivity index (χ1n) is 5.02. The van der Waals surface area contributed by atoms with Crippen LogP contribution < -0.4 is 5.32 Å². The van der Waals surface area contributed by atoms with E-state index in [0.29, 0.717) is 0 Å². The lowest BCUT2D eigenvalue weighted by molar-refractivity contribution is 0.389. The van der Waals surface area contributed by atoms with E-state index < -0.39 is 0 Å². The highest BCUT2D eigenvalue weighted by Crippen LogP contribution is 1.96.